The largest absolute Gasteiger partial charge is 0.372 e. The minimum Gasteiger partial charge on any atom is -0.372 e. The van der Waals surface area contributed by atoms with Gasteiger partial charge >= 0.3 is 0 Å². The minimum absolute atomic E-state index is 0.0176. The van der Waals surface area contributed by atoms with E-state index in [1.165, 1.54) is 19.3 Å². The number of hydrogen-bond acceptors (Lipinski definition) is 5. The molecule has 0 aliphatic heterocycles. The fourth-order valence-corrected chi connectivity index (χ4v) is 5.34. The van der Waals surface area contributed by atoms with Crippen LogP contribution in [0.2, 0.25) is 0 Å². The number of carbonyl (C=O) groups excluding carboxylic acids is 1. The van der Waals surface area contributed by atoms with Crippen molar-refractivity contribution in [3.63, 3.8) is 0 Å². The molecule has 5 nitrogen and oxygen atoms in total. The second-order valence-corrected chi connectivity index (χ2v) is 8.56. The number of carbonyl (C=O) groups is 1. The maximum absolute atomic E-state index is 12.9. The first kappa shape index (κ1) is 18.8. The van der Waals surface area contributed by atoms with E-state index < -0.39 is 0 Å². The molecular formula is C19H31N3O2S. The minimum atomic E-state index is 0.0176. The zero-order valence-electron chi connectivity index (χ0n) is 15.6. The third kappa shape index (κ3) is 4.23. The van der Waals surface area contributed by atoms with Gasteiger partial charge in [0.1, 0.15) is 11.1 Å². The summed E-state index contributed by atoms with van der Waals surface area (Å²) in [6, 6.07) is 0.309. The molecule has 2 saturated carbocycles. The summed E-state index contributed by atoms with van der Waals surface area (Å²) < 4.78 is 5.60. The first-order valence-electron chi connectivity index (χ1n) is 9.56. The number of rotatable bonds is 6. The van der Waals surface area contributed by atoms with Crippen LogP contribution < -0.4 is 5.73 Å². The molecule has 1 amide bonds. The van der Waals surface area contributed by atoms with Crippen LogP contribution >= 0.6 is 11.3 Å². The van der Waals surface area contributed by atoms with E-state index in [-0.39, 0.29) is 17.9 Å². The molecule has 1 aromatic heterocycles. The van der Waals surface area contributed by atoms with E-state index in [0.29, 0.717) is 31.0 Å². The molecule has 25 heavy (non-hydrogen) atoms. The molecule has 3 rings (SSSR count). The maximum Gasteiger partial charge on any atom is 0.225 e. The molecule has 3 unspecified atom stereocenters. The number of amides is 1. The molecule has 2 bridgehead atoms. The van der Waals surface area contributed by atoms with Gasteiger partial charge in [0.15, 0.2) is 0 Å². The smallest absolute Gasteiger partial charge is 0.225 e. The topological polar surface area (TPSA) is 68.5 Å². The number of aromatic nitrogens is 1. The zero-order valence-corrected chi connectivity index (χ0v) is 16.4. The SMILES string of the molecule is CCOC(C)c1nc(CN(C)C(=O)C2CC3CCCC(C2)C3N)cs1. The first-order chi connectivity index (χ1) is 12.0. The Labute approximate surface area is 154 Å². The number of hydrogen-bond donors (Lipinski definition) is 1. The van der Waals surface area contributed by atoms with E-state index in [2.05, 4.69) is 4.98 Å². The van der Waals surface area contributed by atoms with E-state index in [1.54, 1.807) is 11.3 Å². The number of ether oxygens (including phenoxy) is 1. The Morgan fingerprint density at radius 2 is 2.12 bits per heavy atom. The van der Waals surface area contributed by atoms with E-state index in [0.717, 1.165) is 23.5 Å². The average molecular weight is 366 g/mol. The third-order valence-corrected chi connectivity index (χ3v) is 6.93. The van der Waals surface area contributed by atoms with Crippen molar-refractivity contribution in [2.45, 2.75) is 64.6 Å². The second-order valence-electron chi connectivity index (χ2n) is 7.67. The van der Waals surface area contributed by atoms with Crippen LogP contribution in [0, 0.1) is 17.8 Å². The lowest BCUT2D eigenvalue weighted by atomic mass is 9.65. The molecule has 1 heterocycles. The van der Waals surface area contributed by atoms with Crippen molar-refractivity contribution in [2.75, 3.05) is 13.7 Å². The molecule has 2 aliphatic carbocycles. The van der Waals surface area contributed by atoms with Crippen LogP contribution in [0.1, 0.15) is 62.8 Å². The quantitative estimate of drug-likeness (QED) is 0.839. The standard InChI is InChI=1S/C19H31N3O2S/c1-4-24-12(2)18-21-16(11-25-18)10-22(3)19(23)15-8-13-6-5-7-14(9-15)17(13)20/h11-15,17H,4-10,20H2,1-3H3. The van der Waals surface area contributed by atoms with Crippen LogP contribution in [0.3, 0.4) is 0 Å². The van der Waals surface area contributed by atoms with Gasteiger partial charge in [0.25, 0.3) is 0 Å². The highest BCUT2D eigenvalue weighted by Crippen LogP contribution is 2.42. The monoisotopic (exact) mass is 365 g/mol. The van der Waals surface area contributed by atoms with Gasteiger partial charge in [0, 0.05) is 31.0 Å². The highest BCUT2D eigenvalue weighted by Gasteiger charge is 2.41. The van der Waals surface area contributed by atoms with Crippen molar-refractivity contribution >= 4 is 17.2 Å². The normalized spacial score (nSPS) is 30.1. The van der Waals surface area contributed by atoms with Crippen molar-refractivity contribution in [1.82, 2.24) is 9.88 Å². The Bertz CT molecular complexity index is 577. The molecule has 1 aromatic rings. The lowest BCUT2D eigenvalue weighted by Gasteiger charge is -2.44. The Kier molecular flexibility index (Phi) is 6.12. The van der Waals surface area contributed by atoms with Crippen LogP contribution in [0.5, 0.6) is 0 Å². The van der Waals surface area contributed by atoms with Gasteiger partial charge in [-0.3, -0.25) is 4.79 Å². The summed E-state index contributed by atoms with van der Waals surface area (Å²) in [5, 5.41) is 3.02. The van der Waals surface area contributed by atoms with Crippen molar-refractivity contribution in [2.24, 2.45) is 23.5 Å². The third-order valence-electron chi connectivity index (χ3n) is 5.87. The van der Waals surface area contributed by atoms with Crippen molar-refractivity contribution in [1.29, 1.82) is 0 Å². The molecule has 3 atom stereocenters. The summed E-state index contributed by atoms with van der Waals surface area (Å²) in [5.74, 6) is 1.47. The van der Waals surface area contributed by atoms with Crippen LogP contribution in [0.15, 0.2) is 5.38 Å². The van der Waals surface area contributed by atoms with Gasteiger partial charge in [0.2, 0.25) is 5.91 Å². The fraction of sp³-hybridized carbons (Fsp3) is 0.789. The highest BCUT2D eigenvalue weighted by molar-refractivity contribution is 7.09. The first-order valence-corrected chi connectivity index (χ1v) is 10.4. The van der Waals surface area contributed by atoms with Crippen molar-refractivity contribution in [3.05, 3.63) is 16.1 Å². The molecule has 2 aliphatic rings. The van der Waals surface area contributed by atoms with E-state index in [1.807, 2.05) is 31.2 Å². The van der Waals surface area contributed by atoms with Gasteiger partial charge in [-0.2, -0.15) is 0 Å². The maximum atomic E-state index is 12.9. The van der Waals surface area contributed by atoms with Crippen LogP contribution in [0.4, 0.5) is 0 Å². The summed E-state index contributed by atoms with van der Waals surface area (Å²) in [7, 11) is 1.90. The second kappa shape index (κ2) is 8.14. The van der Waals surface area contributed by atoms with E-state index in [9.17, 15) is 4.79 Å². The summed E-state index contributed by atoms with van der Waals surface area (Å²) in [6.07, 6.45) is 5.60. The zero-order chi connectivity index (χ0) is 18.0. The molecule has 2 fully saturated rings. The molecular weight excluding hydrogens is 334 g/mol. The van der Waals surface area contributed by atoms with Crippen molar-refractivity contribution < 1.29 is 9.53 Å². The van der Waals surface area contributed by atoms with Gasteiger partial charge in [-0.1, -0.05) is 6.42 Å². The molecule has 2 N–H and O–H groups in total. The number of thiazole rings is 1. The van der Waals surface area contributed by atoms with Gasteiger partial charge in [-0.25, -0.2) is 4.98 Å². The van der Waals surface area contributed by atoms with Gasteiger partial charge < -0.3 is 15.4 Å². The summed E-state index contributed by atoms with van der Waals surface area (Å²) in [6.45, 7) is 5.26. The Balaban J connectivity index is 1.58. The molecule has 6 heteroatoms. The van der Waals surface area contributed by atoms with E-state index in [4.69, 9.17) is 10.5 Å². The molecule has 0 spiro atoms. The predicted octanol–water partition coefficient (Wildman–Crippen LogP) is 3.35. The molecule has 0 radical (unpaired) electrons. The number of fused-ring (bicyclic) bond motifs is 2. The lowest BCUT2D eigenvalue weighted by Crippen LogP contribution is -2.49. The summed E-state index contributed by atoms with van der Waals surface area (Å²) in [4.78, 5) is 19.4. The Morgan fingerprint density at radius 1 is 1.44 bits per heavy atom. The summed E-state index contributed by atoms with van der Waals surface area (Å²) in [5.41, 5.74) is 7.31. The molecule has 140 valence electrons. The Hall–Kier alpha value is -0.980. The lowest BCUT2D eigenvalue weighted by molar-refractivity contribution is -0.137. The van der Waals surface area contributed by atoms with Crippen LogP contribution in [-0.2, 0) is 16.1 Å². The van der Waals surface area contributed by atoms with Gasteiger partial charge in [-0.05, 0) is 51.4 Å². The Morgan fingerprint density at radius 3 is 2.76 bits per heavy atom. The average Bonchev–Trinajstić information content (AvgIpc) is 3.02. The van der Waals surface area contributed by atoms with E-state index >= 15 is 0 Å². The van der Waals surface area contributed by atoms with Crippen LogP contribution in [0.25, 0.3) is 0 Å². The number of nitrogens with two attached hydrogens (primary N) is 1. The predicted molar refractivity (Wildman–Crippen MR) is 100 cm³/mol. The fourth-order valence-electron chi connectivity index (χ4n) is 4.53. The molecule has 0 saturated heterocycles. The van der Waals surface area contributed by atoms with Crippen LogP contribution in [-0.4, -0.2) is 35.5 Å². The van der Waals surface area contributed by atoms with Gasteiger partial charge in [0.05, 0.1) is 12.2 Å². The molecule has 0 aromatic carbocycles. The number of nitrogens with zero attached hydrogens (tertiary/aromatic N) is 2. The van der Waals surface area contributed by atoms with Crippen molar-refractivity contribution in [3.8, 4) is 0 Å². The highest BCUT2D eigenvalue weighted by atomic mass is 32.1. The van der Waals surface area contributed by atoms with Gasteiger partial charge in [-0.15, -0.1) is 11.3 Å². The summed E-state index contributed by atoms with van der Waals surface area (Å²) >= 11 is 1.61.